The molecule has 80 valence electrons. The van der Waals surface area contributed by atoms with Crippen molar-refractivity contribution in [2.45, 2.75) is 45.5 Å². The van der Waals surface area contributed by atoms with E-state index in [0.29, 0.717) is 17.9 Å². The summed E-state index contributed by atoms with van der Waals surface area (Å²) in [5.41, 5.74) is 0. The summed E-state index contributed by atoms with van der Waals surface area (Å²) in [6.07, 6.45) is 8.25. The lowest BCUT2D eigenvalue weighted by Crippen LogP contribution is -2.39. The Balaban J connectivity index is 1.95. The lowest BCUT2D eigenvalue weighted by Gasteiger charge is -2.37. The summed E-state index contributed by atoms with van der Waals surface area (Å²) in [7, 11) is 0. The van der Waals surface area contributed by atoms with Gasteiger partial charge in [0.15, 0.2) is 6.29 Å². The van der Waals surface area contributed by atoms with Crippen LogP contribution < -0.4 is 0 Å². The van der Waals surface area contributed by atoms with Crippen molar-refractivity contribution in [3.63, 3.8) is 0 Å². The Morgan fingerprint density at radius 1 is 1.14 bits per heavy atom. The highest BCUT2D eigenvalue weighted by molar-refractivity contribution is 4.94. The van der Waals surface area contributed by atoms with Crippen molar-refractivity contribution in [1.29, 1.82) is 0 Å². The van der Waals surface area contributed by atoms with Gasteiger partial charge in [-0.25, -0.2) is 0 Å². The second-order valence-electron chi connectivity index (χ2n) is 4.56. The lowest BCUT2D eigenvalue weighted by atomic mass is 9.83. The average molecular weight is 196 g/mol. The van der Waals surface area contributed by atoms with Crippen LogP contribution >= 0.6 is 0 Å². The van der Waals surface area contributed by atoms with Crippen molar-refractivity contribution in [2.24, 2.45) is 11.8 Å². The molecule has 0 aromatic rings. The van der Waals surface area contributed by atoms with Gasteiger partial charge in [0.05, 0.1) is 12.7 Å². The second-order valence-corrected chi connectivity index (χ2v) is 4.56. The molecule has 1 saturated heterocycles. The molecule has 0 aromatic heterocycles. The largest absolute Gasteiger partial charge is 0.352 e. The summed E-state index contributed by atoms with van der Waals surface area (Å²) in [5, 5.41) is 0. The van der Waals surface area contributed by atoms with Gasteiger partial charge in [-0.2, -0.15) is 0 Å². The van der Waals surface area contributed by atoms with Crippen molar-refractivity contribution in [1.82, 2.24) is 0 Å². The molecule has 2 nitrogen and oxygen atoms in total. The maximum absolute atomic E-state index is 5.84. The minimum absolute atomic E-state index is 0.0405. The molecule has 0 bridgehead atoms. The Morgan fingerprint density at radius 3 is 2.64 bits per heavy atom. The molecule has 1 aliphatic heterocycles. The SMILES string of the molecule is C[C@H]1CCO[C@@H]([C@@H]2CC=CC[C@@H]2C)O1. The molecule has 0 unspecified atom stereocenters. The van der Waals surface area contributed by atoms with E-state index < -0.39 is 0 Å². The molecule has 0 amide bonds. The summed E-state index contributed by atoms with van der Waals surface area (Å²) in [6, 6.07) is 0. The minimum Gasteiger partial charge on any atom is -0.352 e. The zero-order valence-electron chi connectivity index (χ0n) is 9.11. The van der Waals surface area contributed by atoms with Crippen LogP contribution in [-0.2, 0) is 9.47 Å². The first-order valence-corrected chi connectivity index (χ1v) is 5.69. The van der Waals surface area contributed by atoms with Gasteiger partial charge in [0.1, 0.15) is 0 Å². The first-order chi connectivity index (χ1) is 6.77. The fourth-order valence-electron chi connectivity index (χ4n) is 2.26. The summed E-state index contributed by atoms with van der Waals surface area (Å²) in [5.74, 6) is 1.25. The van der Waals surface area contributed by atoms with Crippen LogP contribution in [0.1, 0.15) is 33.1 Å². The van der Waals surface area contributed by atoms with E-state index in [1.807, 2.05) is 0 Å². The fourth-order valence-corrected chi connectivity index (χ4v) is 2.26. The number of rotatable bonds is 1. The van der Waals surface area contributed by atoms with Crippen LogP contribution in [0.5, 0.6) is 0 Å². The van der Waals surface area contributed by atoms with E-state index >= 15 is 0 Å². The highest BCUT2D eigenvalue weighted by Crippen LogP contribution is 2.32. The monoisotopic (exact) mass is 196 g/mol. The molecule has 2 rings (SSSR count). The molecule has 1 fully saturated rings. The summed E-state index contributed by atoms with van der Waals surface area (Å²) < 4.78 is 11.5. The van der Waals surface area contributed by atoms with Crippen molar-refractivity contribution < 1.29 is 9.47 Å². The zero-order chi connectivity index (χ0) is 9.97. The highest BCUT2D eigenvalue weighted by Gasteiger charge is 2.32. The van der Waals surface area contributed by atoms with Crippen LogP contribution in [0.4, 0.5) is 0 Å². The molecule has 0 spiro atoms. The molecule has 1 aliphatic carbocycles. The Hall–Kier alpha value is -0.340. The number of allylic oxidation sites excluding steroid dienone is 2. The summed E-state index contributed by atoms with van der Waals surface area (Å²) >= 11 is 0. The van der Waals surface area contributed by atoms with Gasteiger partial charge < -0.3 is 9.47 Å². The van der Waals surface area contributed by atoms with Crippen molar-refractivity contribution >= 4 is 0 Å². The lowest BCUT2D eigenvalue weighted by molar-refractivity contribution is -0.237. The van der Waals surface area contributed by atoms with Crippen LogP contribution in [0, 0.1) is 11.8 Å². The van der Waals surface area contributed by atoms with Crippen LogP contribution in [0.2, 0.25) is 0 Å². The molecule has 14 heavy (non-hydrogen) atoms. The third kappa shape index (κ3) is 2.18. The first-order valence-electron chi connectivity index (χ1n) is 5.69. The number of ether oxygens (including phenoxy) is 2. The molecule has 2 aliphatic rings. The van der Waals surface area contributed by atoms with Gasteiger partial charge in [-0.1, -0.05) is 19.1 Å². The van der Waals surface area contributed by atoms with Crippen LogP contribution in [0.15, 0.2) is 12.2 Å². The van der Waals surface area contributed by atoms with Gasteiger partial charge in [0.25, 0.3) is 0 Å². The Bertz CT molecular complexity index is 212. The standard InChI is InChI=1S/C12H20O2/c1-9-5-3-4-6-11(9)12-13-8-7-10(2)14-12/h3-4,9-12H,5-8H2,1-2H3/t9-,10-,11+,12+/m0/s1. The zero-order valence-corrected chi connectivity index (χ0v) is 9.11. The van der Waals surface area contributed by atoms with Gasteiger partial charge in [-0.05, 0) is 32.1 Å². The molecule has 2 heteroatoms. The molecule has 0 N–H and O–H groups in total. The highest BCUT2D eigenvalue weighted by atomic mass is 16.7. The van der Waals surface area contributed by atoms with Crippen molar-refractivity contribution in [2.75, 3.05) is 6.61 Å². The molecule has 0 aromatic carbocycles. The van der Waals surface area contributed by atoms with E-state index in [1.54, 1.807) is 0 Å². The number of hydrogen-bond acceptors (Lipinski definition) is 2. The normalized spacial score (nSPS) is 43.9. The molecular weight excluding hydrogens is 176 g/mol. The van der Waals surface area contributed by atoms with Crippen LogP contribution in [0.25, 0.3) is 0 Å². The third-order valence-corrected chi connectivity index (χ3v) is 3.34. The third-order valence-electron chi connectivity index (χ3n) is 3.34. The average Bonchev–Trinajstić information content (AvgIpc) is 2.18. The quantitative estimate of drug-likeness (QED) is 0.600. The topological polar surface area (TPSA) is 18.5 Å². The molecule has 1 heterocycles. The van der Waals surface area contributed by atoms with Gasteiger partial charge in [0, 0.05) is 5.92 Å². The first kappa shape index (κ1) is 10.2. The molecule has 4 atom stereocenters. The van der Waals surface area contributed by atoms with Gasteiger partial charge in [0.2, 0.25) is 0 Å². The molecule has 0 radical (unpaired) electrons. The summed E-state index contributed by atoms with van der Waals surface area (Å²) in [6.45, 7) is 5.29. The van der Waals surface area contributed by atoms with E-state index in [9.17, 15) is 0 Å². The van der Waals surface area contributed by atoms with Crippen LogP contribution in [0.3, 0.4) is 0 Å². The van der Waals surface area contributed by atoms with E-state index in [-0.39, 0.29) is 6.29 Å². The predicted octanol–water partition coefficient (Wildman–Crippen LogP) is 2.74. The van der Waals surface area contributed by atoms with Crippen molar-refractivity contribution in [3.8, 4) is 0 Å². The van der Waals surface area contributed by atoms with Crippen LogP contribution in [-0.4, -0.2) is 19.0 Å². The smallest absolute Gasteiger partial charge is 0.161 e. The van der Waals surface area contributed by atoms with E-state index in [4.69, 9.17) is 9.47 Å². The molecular formula is C12H20O2. The maximum Gasteiger partial charge on any atom is 0.161 e. The Labute approximate surface area is 86.3 Å². The van der Waals surface area contributed by atoms with Gasteiger partial charge in [-0.15, -0.1) is 0 Å². The number of hydrogen-bond donors (Lipinski definition) is 0. The van der Waals surface area contributed by atoms with Gasteiger partial charge in [-0.3, -0.25) is 0 Å². The van der Waals surface area contributed by atoms with E-state index in [2.05, 4.69) is 26.0 Å². The molecule has 0 saturated carbocycles. The van der Waals surface area contributed by atoms with Gasteiger partial charge >= 0.3 is 0 Å². The van der Waals surface area contributed by atoms with E-state index in [0.717, 1.165) is 19.4 Å². The second kappa shape index (κ2) is 4.45. The van der Waals surface area contributed by atoms with Crippen molar-refractivity contribution in [3.05, 3.63) is 12.2 Å². The Kier molecular flexibility index (Phi) is 3.24. The van der Waals surface area contributed by atoms with E-state index in [1.165, 1.54) is 6.42 Å². The minimum atomic E-state index is 0.0405. The fraction of sp³-hybridized carbons (Fsp3) is 0.833. The Morgan fingerprint density at radius 2 is 1.93 bits per heavy atom. The predicted molar refractivity (Wildman–Crippen MR) is 55.9 cm³/mol. The maximum atomic E-state index is 5.84. The summed E-state index contributed by atoms with van der Waals surface area (Å²) in [4.78, 5) is 0.